The molecule has 0 amide bonds. The molecule has 1 heterocycles. The average molecular weight is 308 g/mol. The van der Waals surface area contributed by atoms with Gasteiger partial charge >= 0.3 is 0 Å². The van der Waals surface area contributed by atoms with Crippen LogP contribution < -0.4 is 10.1 Å². The van der Waals surface area contributed by atoms with Crippen molar-refractivity contribution in [2.24, 2.45) is 0 Å². The van der Waals surface area contributed by atoms with E-state index in [2.05, 4.69) is 10.3 Å². The van der Waals surface area contributed by atoms with E-state index in [0.29, 0.717) is 12.4 Å². The molecule has 2 rings (SSSR count). The summed E-state index contributed by atoms with van der Waals surface area (Å²) in [4.78, 5) is 14.4. The summed E-state index contributed by atoms with van der Waals surface area (Å²) in [6.45, 7) is 2.33. The predicted molar refractivity (Wildman–Crippen MR) is 81.0 cm³/mol. The molecule has 0 saturated heterocycles. The fraction of sp³-hybridized carbons (Fsp3) is 0.214. The van der Waals surface area contributed by atoms with Gasteiger partial charge in [-0.25, -0.2) is 4.98 Å². The van der Waals surface area contributed by atoms with Gasteiger partial charge in [0.1, 0.15) is 5.02 Å². The number of benzene rings is 1. The second-order valence-electron chi connectivity index (χ2n) is 4.44. The summed E-state index contributed by atoms with van der Waals surface area (Å²) in [7, 11) is 1.56. The van der Waals surface area contributed by atoms with Gasteiger partial charge in [0.05, 0.1) is 12.0 Å². The molecule has 21 heavy (non-hydrogen) atoms. The first-order valence-corrected chi connectivity index (χ1v) is 6.56. The molecule has 0 radical (unpaired) electrons. The van der Waals surface area contributed by atoms with Crippen LogP contribution >= 0.6 is 11.6 Å². The maximum Gasteiger partial charge on any atom is 0.288 e. The van der Waals surface area contributed by atoms with E-state index < -0.39 is 4.92 Å². The Morgan fingerprint density at radius 2 is 2.19 bits per heavy atom. The third-order valence-corrected chi connectivity index (χ3v) is 3.28. The number of anilines is 1. The van der Waals surface area contributed by atoms with Crippen molar-refractivity contribution < 1.29 is 9.66 Å². The van der Waals surface area contributed by atoms with E-state index in [0.717, 1.165) is 16.8 Å². The highest BCUT2D eigenvalue weighted by Gasteiger charge is 2.14. The topological polar surface area (TPSA) is 77.3 Å². The molecule has 6 nitrogen and oxygen atoms in total. The number of nitrogens with zero attached hydrogens (tertiary/aromatic N) is 2. The molecule has 1 aromatic carbocycles. The van der Waals surface area contributed by atoms with E-state index in [1.807, 2.05) is 12.1 Å². The molecule has 7 heteroatoms. The highest BCUT2D eigenvalue weighted by molar-refractivity contribution is 6.33. The van der Waals surface area contributed by atoms with Crippen LogP contribution in [0.5, 0.6) is 5.88 Å². The van der Waals surface area contributed by atoms with E-state index in [4.69, 9.17) is 16.3 Å². The minimum absolute atomic E-state index is 0.0923. The van der Waals surface area contributed by atoms with Crippen LogP contribution in [0.25, 0.3) is 0 Å². The SMILES string of the molecule is COc1cc(CNc2cc(Cl)c([N+](=O)[O-])cc2C)ccn1. The van der Waals surface area contributed by atoms with Crippen molar-refractivity contribution in [2.45, 2.75) is 13.5 Å². The summed E-state index contributed by atoms with van der Waals surface area (Å²) in [5, 5.41) is 14.1. The van der Waals surface area contributed by atoms with Crippen molar-refractivity contribution in [3.63, 3.8) is 0 Å². The van der Waals surface area contributed by atoms with Gasteiger partial charge in [-0.05, 0) is 30.2 Å². The Morgan fingerprint density at radius 1 is 1.43 bits per heavy atom. The molecule has 1 N–H and O–H groups in total. The molecule has 1 aromatic heterocycles. The smallest absolute Gasteiger partial charge is 0.288 e. The number of rotatable bonds is 5. The Labute approximate surface area is 126 Å². The summed E-state index contributed by atoms with van der Waals surface area (Å²) < 4.78 is 5.06. The molecule has 0 unspecified atom stereocenters. The molecule has 0 aliphatic heterocycles. The molecule has 0 atom stereocenters. The van der Waals surface area contributed by atoms with Gasteiger partial charge in [-0.1, -0.05) is 11.6 Å². The Morgan fingerprint density at radius 3 is 2.86 bits per heavy atom. The van der Waals surface area contributed by atoms with Crippen molar-refractivity contribution in [1.29, 1.82) is 0 Å². The first-order chi connectivity index (χ1) is 10.0. The fourth-order valence-electron chi connectivity index (χ4n) is 1.87. The normalized spacial score (nSPS) is 10.2. The molecular formula is C14H14ClN3O3. The number of nitrogens with one attached hydrogen (secondary N) is 1. The van der Waals surface area contributed by atoms with Gasteiger partial charge in [0.2, 0.25) is 5.88 Å². The lowest BCUT2D eigenvalue weighted by Gasteiger charge is -2.11. The molecule has 0 aliphatic rings. The molecule has 2 aromatic rings. The zero-order valence-corrected chi connectivity index (χ0v) is 12.3. The lowest BCUT2D eigenvalue weighted by Crippen LogP contribution is -2.02. The van der Waals surface area contributed by atoms with Crippen molar-refractivity contribution in [2.75, 3.05) is 12.4 Å². The first kappa shape index (κ1) is 15.1. The predicted octanol–water partition coefficient (Wildman–Crippen LogP) is 3.57. The van der Waals surface area contributed by atoms with Crippen molar-refractivity contribution in [1.82, 2.24) is 4.98 Å². The van der Waals surface area contributed by atoms with Gasteiger partial charge in [0.15, 0.2) is 0 Å². The summed E-state index contributed by atoms with van der Waals surface area (Å²) in [6.07, 6.45) is 1.66. The summed E-state index contributed by atoms with van der Waals surface area (Å²) in [5.74, 6) is 0.535. The van der Waals surface area contributed by atoms with Gasteiger partial charge < -0.3 is 10.1 Å². The van der Waals surface area contributed by atoms with Crippen molar-refractivity contribution in [3.8, 4) is 5.88 Å². The molecule has 0 saturated carbocycles. The van der Waals surface area contributed by atoms with Crippen LogP contribution in [-0.2, 0) is 6.54 Å². The first-order valence-electron chi connectivity index (χ1n) is 6.18. The summed E-state index contributed by atoms with van der Waals surface area (Å²) in [5.41, 5.74) is 2.40. The number of nitro groups is 1. The number of methoxy groups -OCH3 is 1. The Kier molecular flexibility index (Phi) is 4.59. The number of halogens is 1. The number of nitro benzene ring substituents is 1. The zero-order chi connectivity index (χ0) is 15.4. The van der Waals surface area contributed by atoms with E-state index in [-0.39, 0.29) is 10.7 Å². The average Bonchev–Trinajstić information content (AvgIpc) is 2.47. The Bertz CT molecular complexity index is 677. The zero-order valence-electron chi connectivity index (χ0n) is 11.6. The third-order valence-electron chi connectivity index (χ3n) is 2.98. The van der Waals surface area contributed by atoms with Gasteiger partial charge in [0.25, 0.3) is 5.69 Å². The second-order valence-corrected chi connectivity index (χ2v) is 4.84. The highest BCUT2D eigenvalue weighted by atomic mass is 35.5. The van der Waals surface area contributed by atoms with Crippen molar-refractivity contribution in [3.05, 3.63) is 56.7 Å². The van der Waals surface area contributed by atoms with Gasteiger partial charge in [0, 0.05) is 30.6 Å². The van der Waals surface area contributed by atoms with Gasteiger partial charge in [-0.3, -0.25) is 10.1 Å². The Hall–Kier alpha value is -2.34. The minimum atomic E-state index is -0.493. The maximum atomic E-state index is 10.8. The summed E-state index contributed by atoms with van der Waals surface area (Å²) in [6, 6.07) is 6.69. The number of ether oxygens (including phenoxy) is 1. The molecule has 0 bridgehead atoms. The summed E-state index contributed by atoms with van der Waals surface area (Å²) >= 11 is 5.91. The van der Waals surface area contributed by atoms with E-state index >= 15 is 0 Å². The van der Waals surface area contributed by atoms with Crippen molar-refractivity contribution >= 4 is 23.0 Å². The maximum absolute atomic E-state index is 10.8. The van der Waals surface area contributed by atoms with Gasteiger partial charge in [-0.2, -0.15) is 0 Å². The van der Waals surface area contributed by atoms with Crippen LogP contribution in [0.1, 0.15) is 11.1 Å². The number of aromatic nitrogens is 1. The van der Waals surface area contributed by atoms with Gasteiger partial charge in [-0.15, -0.1) is 0 Å². The van der Waals surface area contributed by atoms with E-state index in [1.54, 1.807) is 26.3 Å². The lowest BCUT2D eigenvalue weighted by atomic mass is 10.1. The van der Waals surface area contributed by atoms with Crippen LogP contribution in [0.15, 0.2) is 30.5 Å². The monoisotopic (exact) mass is 307 g/mol. The van der Waals surface area contributed by atoms with Crippen LogP contribution in [0.2, 0.25) is 5.02 Å². The molecule has 0 spiro atoms. The largest absolute Gasteiger partial charge is 0.481 e. The van der Waals surface area contributed by atoms with E-state index in [1.165, 1.54) is 6.07 Å². The number of hydrogen-bond acceptors (Lipinski definition) is 5. The third kappa shape index (κ3) is 3.61. The lowest BCUT2D eigenvalue weighted by molar-refractivity contribution is -0.384. The molecule has 110 valence electrons. The molecule has 0 aliphatic carbocycles. The standard InChI is InChI=1S/C14H14ClN3O3/c1-9-5-13(18(19)20)11(15)7-12(9)17-8-10-3-4-16-14(6-10)21-2/h3-7,17H,8H2,1-2H3. The molecular weight excluding hydrogens is 294 g/mol. The number of aryl methyl sites for hydroxylation is 1. The number of hydrogen-bond donors (Lipinski definition) is 1. The Balaban J connectivity index is 2.16. The fourth-order valence-corrected chi connectivity index (χ4v) is 2.10. The van der Waals surface area contributed by atoms with Crippen LogP contribution in [0.4, 0.5) is 11.4 Å². The quantitative estimate of drug-likeness (QED) is 0.675. The second kappa shape index (κ2) is 6.41. The highest BCUT2D eigenvalue weighted by Crippen LogP contribution is 2.30. The minimum Gasteiger partial charge on any atom is -0.481 e. The van der Waals surface area contributed by atoms with E-state index in [9.17, 15) is 10.1 Å². The van der Waals surface area contributed by atoms with Crippen LogP contribution in [0, 0.1) is 17.0 Å². The van der Waals surface area contributed by atoms with Crippen LogP contribution in [-0.4, -0.2) is 17.0 Å². The number of pyridine rings is 1. The molecule has 0 fully saturated rings. The van der Waals surface area contributed by atoms with Crippen LogP contribution in [0.3, 0.4) is 0 Å².